The molecule has 0 saturated carbocycles. The normalized spacial score (nSPS) is 12.1. The molecular weight excluding hydrogens is 174 g/mol. The number of nitrogens with zero attached hydrogens (tertiary/aromatic N) is 2. The molecule has 0 fully saturated rings. The number of aromatic amines is 1. The van der Waals surface area contributed by atoms with Gasteiger partial charge in [-0.25, -0.2) is 4.79 Å². The van der Waals surface area contributed by atoms with Gasteiger partial charge in [0, 0.05) is 0 Å². The third-order valence-corrected chi connectivity index (χ3v) is 1.48. The number of esters is 1. The number of carbonyl (C=O) groups is 1. The first-order valence-electron chi connectivity index (χ1n) is 3.81. The average molecular weight is 183 g/mol. The van der Waals surface area contributed by atoms with E-state index in [1.807, 2.05) is 0 Å². The molecule has 1 unspecified atom stereocenters. The lowest BCUT2D eigenvalue weighted by Crippen LogP contribution is -2.22. The van der Waals surface area contributed by atoms with Gasteiger partial charge in [0.25, 0.3) is 0 Å². The first-order chi connectivity index (χ1) is 6.27. The molecule has 0 amide bonds. The van der Waals surface area contributed by atoms with Gasteiger partial charge in [-0.15, -0.1) is 4.91 Å². The molecule has 1 atom stereocenters. The van der Waals surface area contributed by atoms with Gasteiger partial charge in [-0.3, -0.25) is 5.10 Å². The van der Waals surface area contributed by atoms with Gasteiger partial charge in [0.2, 0.25) is 0 Å². The Morgan fingerprint density at radius 3 is 3.08 bits per heavy atom. The second kappa shape index (κ2) is 4.34. The quantitative estimate of drug-likeness (QED) is 0.554. The van der Waals surface area contributed by atoms with Gasteiger partial charge in [0.15, 0.2) is 11.8 Å². The van der Waals surface area contributed by atoms with Crippen LogP contribution >= 0.6 is 0 Å². The lowest BCUT2D eigenvalue weighted by Gasteiger charge is -2.03. The van der Waals surface area contributed by atoms with Crippen LogP contribution in [0.3, 0.4) is 0 Å². The Hall–Kier alpha value is -1.72. The van der Waals surface area contributed by atoms with E-state index in [1.165, 1.54) is 12.4 Å². The minimum absolute atomic E-state index is 0.284. The fraction of sp³-hybridized carbons (Fsp3) is 0.429. The SMILES string of the molecule is CCC(N=O)C(=O)Oc1cn[nH]c1. The predicted octanol–water partition coefficient (Wildman–Crippen LogP) is 0.860. The van der Waals surface area contributed by atoms with Gasteiger partial charge < -0.3 is 4.74 Å². The zero-order valence-electron chi connectivity index (χ0n) is 7.06. The van der Waals surface area contributed by atoms with Crippen LogP contribution in [0.15, 0.2) is 17.6 Å². The minimum atomic E-state index is -0.935. The number of hydrogen-bond donors (Lipinski definition) is 1. The molecule has 1 aromatic heterocycles. The summed E-state index contributed by atoms with van der Waals surface area (Å²) in [6, 6.07) is -0.935. The summed E-state index contributed by atoms with van der Waals surface area (Å²) in [5, 5.41) is 8.68. The van der Waals surface area contributed by atoms with E-state index in [4.69, 9.17) is 4.74 Å². The highest BCUT2D eigenvalue weighted by atomic mass is 16.5. The van der Waals surface area contributed by atoms with E-state index < -0.39 is 12.0 Å². The van der Waals surface area contributed by atoms with Crippen LogP contribution in [0.5, 0.6) is 5.75 Å². The van der Waals surface area contributed by atoms with Crippen LogP contribution < -0.4 is 4.74 Å². The van der Waals surface area contributed by atoms with Crippen molar-refractivity contribution in [1.29, 1.82) is 0 Å². The third-order valence-electron chi connectivity index (χ3n) is 1.48. The summed E-state index contributed by atoms with van der Waals surface area (Å²) in [6.45, 7) is 1.68. The van der Waals surface area contributed by atoms with Gasteiger partial charge in [0.05, 0.1) is 12.4 Å². The topological polar surface area (TPSA) is 84.4 Å². The van der Waals surface area contributed by atoms with Gasteiger partial charge in [-0.2, -0.15) is 5.10 Å². The van der Waals surface area contributed by atoms with Crippen LogP contribution in [0, 0.1) is 4.91 Å². The smallest absolute Gasteiger partial charge is 0.340 e. The van der Waals surface area contributed by atoms with Crippen molar-refractivity contribution >= 4 is 5.97 Å². The maximum atomic E-state index is 11.1. The van der Waals surface area contributed by atoms with E-state index in [9.17, 15) is 9.70 Å². The van der Waals surface area contributed by atoms with E-state index in [2.05, 4.69) is 15.4 Å². The van der Waals surface area contributed by atoms with Crippen LogP contribution in [-0.4, -0.2) is 22.2 Å². The van der Waals surface area contributed by atoms with Crippen molar-refractivity contribution in [3.05, 3.63) is 17.3 Å². The number of rotatable bonds is 4. The monoisotopic (exact) mass is 183 g/mol. The summed E-state index contributed by atoms with van der Waals surface area (Å²) in [6.07, 6.45) is 3.09. The Kier molecular flexibility index (Phi) is 3.13. The first-order valence-corrected chi connectivity index (χ1v) is 3.81. The van der Waals surface area contributed by atoms with Gasteiger partial charge in [-0.05, 0) is 6.42 Å². The highest BCUT2D eigenvalue weighted by Crippen LogP contribution is 2.08. The summed E-state index contributed by atoms with van der Waals surface area (Å²) in [4.78, 5) is 21.2. The molecule has 13 heavy (non-hydrogen) atoms. The number of nitrogens with one attached hydrogen (secondary N) is 1. The molecule has 6 nitrogen and oxygen atoms in total. The molecule has 6 heteroatoms. The molecule has 70 valence electrons. The summed E-state index contributed by atoms with van der Waals surface area (Å²) < 4.78 is 4.77. The molecular formula is C7H9N3O3. The number of ether oxygens (including phenoxy) is 1. The lowest BCUT2D eigenvalue weighted by molar-refractivity contribution is -0.135. The molecule has 0 aromatic carbocycles. The average Bonchev–Trinajstić information content (AvgIpc) is 2.59. The predicted molar refractivity (Wildman–Crippen MR) is 44.1 cm³/mol. The van der Waals surface area contributed by atoms with E-state index in [1.54, 1.807) is 6.92 Å². The van der Waals surface area contributed by atoms with E-state index in [0.717, 1.165) is 0 Å². The fourth-order valence-corrected chi connectivity index (χ4v) is 0.763. The van der Waals surface area contributed by atoms with Crippen LogP contribution in [0.2, 0.25) is 0 Å². The highest BCUT2D eigenvalue weighted by Gasteiger charge is 2.19. The third kappa shape index (κ3) is 2.36. The number of hydrogen-bond acceptors (Lipinski definition) is 5. The summed E-state index contributed by atoms with van der Waals surface area (Å²) in [7, 11) is 0. The maximum absolute atomic E-state index is 11.1. The maximum Gasteiger partial charge on any atom is 0.340 e. The van der Waals surface area contributed by atoms with Crippen molar-refractivity contribution in [1.82, 2.24) is 10.2 Å². The largest absolute Gasteiger partial charge is 0.421 e. The van der Waals surface area contributed by atoms with Crippen molar-refractivity contribution in [3.63, 3.8) is 0 Å². The molecule has 0 aliphatic heterocycles. The second-order valence-electron chi connectivity index (χ2n) is 2.38. The molecule has 0 spiro atoms. The number of aromatic nitrogens is 2. The summed E-state index contributed by atoms with van der Waals surface area (Å²) in [5.74, 6) is -0.369. The van der Waals surface area contributed by atoms with Crippen LogP contribution in [0.25, 0.3) is 0 Å². The first kappa shape index (κ1) is 9.37. The van der Waals surface area contributed by atoms with Crippen LogP contribution in [-0.2, 0) is 4.79 Å². The zero-order valence-corrected chi connectivity index (χ0v) is 7.06. The van der Waals surface area contributed by atoms with Gasteiger partial charge in [0.1, 0.15) is 0 Å². The summed E-state index contributed by atoms with van der Waals surface area (Å²) >= 11 is 0. The molecule has 1 aromatic rings. The lowest BCUT2D eigenvalue weighted by atomic mass is 10.2. The molecule has 1 heterocycles. The molecule has 0 bridgehead atoms. The Bertz CT molecular complexity index is 283. The van der Waals surface area contributed by atoms with Crippen LogP contribution in [0.4, 0.5) is 0 Å². The highest BCUT2D eigenvalue weighted by molar-refractivity contribution is 5.78. The van der Waals surface area contributed by atoms with E-state index in [-0.39, 0.29) is 5.75 Å². The number of nitroso groups, excluding NO2 is 1. The van der Waals surface area contributed by atoms with Gasteiger partial charge >= 0.3 is 5.97 Å². The van der Waals surface area contributed by atoms with Crippen molar-refractivity contribution in [2.45, 2.75) is 19.4 Å². The standard InChI is InChI=1S/C7H9N3O3/c1-2-6(10-12)7(11)13-5-3-8-9-4-5/h3-4,6H,2H2,1H3,(H,8,9). The minimum Gasteiger partial charge on any atom is -0.421 e. The second-order valence-corrected chi connectivity index (χ2v) is 2.38. The van der Waals surface area contributed by atoms with Gasteiger partial charge in [-0.1, -0.05) is 12.1 Å². The number of H-pyrrole nitrogens is 1. The number of carbonyl (C=O) groups excluding carboxylic acids is 1. The Balaban J connectivity index is 2.54. The van der Waals surface area contributed by atoms with Crippen molar-refractivity contribution < 1.29 is 9.53 Å². The van der Waals surface area contributed by atoms with E-state index in [0.29, 0.717) is 6.42 Å². The van der Waals surface area contributed by atoms with Crippen molar-refractivity contribution in [2.75, 3.05) is 0 Å². The molecule has 1 N–H and O–H groups in total. The van der Waals surface area contributed by atoms with E-state index >= 15 is 0 Å². The Morgan fingerprint density at radius 2 is 2.62 bits per heavy atom. The molecule has 0 aliphatic rings. The molecule has 0 saturated heterocycles. The zero-order chi connectivity index (χ0) is 9.68. The van der Waals surface area contributed by atoms with Crippen LogP contribution in [0.1, 0.15) is 13.3 Å². The Labute approximate surface area is 74.3 Å². The van der Waals surface area contributed by atoms with Crippen molar-refractivity contribution in [2.24, 2.45) is 5.18 Å². The molecule has 0 radical (unpaired) electrons. The Morgan fingerprint density at radius 1 is 1.85 bits per heavy atom. The molecule has 1 rings (SSSR count). The summed E-state index contributed by atoms with van der Waals surface area (Å²) in [5.41, 5.74) is 0. The molecule has 0 aliphatic carbocycles. The fourth-order valence-electron chi connectivity index (χ4n) is 0.763. The van der Waals surface area contributed by atoms with Crippen molar-refractivity contribution in [3.8, 4) is 5.75 Å².